The Morgan fingerprint density at radius 1 is 1.27 bits per heavy atom. The van der Waals surface area contributed by atoms with Gasteiger partial charge in [0.25, 0.3) is 0 Å². The lowest BCUT2D eigenvalue weighted by atomic mass is 10.1. The van der Waals surface area contributed by atoms with Crippen molar-refractivity contribution >= 4 is 5.52 Å². The molecule has 0 aromatic carbocycles. The van der Waals surface area contributed by atoms with E-state index < -0.39 is 0 Å². The zero-order chi connectivity index (χ0) is 18.1. The van der Waals surface area contributed by atoms with Gasteiger partial charge in [0.05, 0.1) is 25.5 Å². The monoisotopic (exact) mass is 350 g/mol. The van der Waals surface area contributed by atoms with Crippen LogP contribution in [0, 0.1) is 18.3 Å². The van der Waals surface area contributed by atoms with Gasteiger partial charge in [-0.3, -0.25) is 4.68 Å². The predicted octanol–water partition coefficient (Wildman–Crippen LogP) is 2.70. The molecule has 3 aromatic rings. The number of aromatic nitrogens is 4. The first kappa shape index (κ1) is 16.6. The molecule has 1 aliphatic heterocycles. The van der Waals surface area contributed by atoms with Crippen molar-refractivity contribution in [3.8, 4) is 22.9 Å². The van der Waals surface area contributed by atoms with E-state index in [-0.39, 0.29) is 0 Å². The first-order chi connectivity index (χ1) is 12.7. The van der Waals surface area contributed by atoms with E-state index in [9.17, 15) is 5.26 Å². The van der Waals surface area contributed by atoms with Crippen LogP contribution in [0.15, 0.2) is 24.7 Å². The Kier molecular flexibility index (Phi) is 4.35. The van der Waals surface area contributed by atoms with Crippen LogP contribution in [-0.2, 0) is 0 Å². The van der Waals surface area contributed by atoms with Crippen molar-refractivity contribution in [2.75, 3.05) is 20.2 Å². The number of pyridine rings is 1. The standard InChI is InChI=1S/C19H22N6O/c1-13-17(11-23-25(13)16-4-3-6-21-7-5-16)14-8-18(26-2)19-15(9-20)10-22-24(19)12-14/h8,10-12,16,21H,3-7H2,1-2H3/t16-/m0/s1. The number of hydrogen-bond donors (Lipinski definition) is 1. The third-order valence-corrected chi connectivity index (χ3v) is 5.16. The minimum atomic E-state index is 0.430. The molecule has 0 spiro atoms. The van der Waals surface area contributed by atoms with E-state index in [1.807, 2.05) is 18.5 Å². The maximum absolute atomic E-state index is 9.27. The van der Waals surface area contributed by atoms with E-state index in [0.717, 1.165) is 42.8 Å². The van der Waals surface area contributed by atoms with Crippen LogP contribution < -0.4 is 10.1 Å². The molecule has 1 N–H and O–H groups in total. The molecule has 3 aromatic heterocycles. The summed E-state index contributed by atoms with van der Waals surface area (Å²) in [5.74, 6) is 0.641. The molecule has 134 valence electrons. The number of hydrogen-bond acceptors (Lipinski definition) is 5. The van der Waals surface area contributed by atoms with Crippen molar-refractivity contribution in [1.82, 2.24) is 24.7 Å². The maximum Gasteiger partial charge on any atom is 0.146 e. The second kappa shape index (κ2) is 6.81. The minimum Gasteiger partial charge on any atom is -0.494 e. The van der Waals surface area contributed by atoms with Crippen molar-refractivity contribution in [2.45, 2.75) is 32.2 Å². The van der Waals surface area contributed by atoms with Gasteiger partial charge >= 0.3 is 0 Å². The zero-order valence-corrected chi connectivity index (χ0v) is 15.1. The number of rotatable bonds is 3. The van der Waals surface area contributed by atoms with Crippen LogP contribution in [0.25, 0.3) is 16.6 Å². The molecule has 0 aliphatic carbocycles. The van der Waals surface area contributed by atoms with Gasteiger partial charge in [0.2, 0.25) is 0 Å². The first-order valence-electron chi connectivity index (χ1n) is 8.93. The summed E-state index contributed by atoms with van der Waals surface area (Å²) in [7, 11) is 1.61. The summed E-state index contributed by atoms with van der Waals surface area (Å²) in [6.45, 7) is 4.22. The molecule has 4 rings (SSSR count). The summed E-state index contributed by atoms with van der Waals surface area (Å²) < 4.78 is 9.39. The van der Waals surface area contributed by atoms with Gasteiger partial charge < -0.3 is 10.1 Å². The summed E-state index contributed by atoms with van der Waals surface area (Å²) in [5.41, 5.74) is 4.39. The second-order valence-corrected chi connectivity index (χ2v) is 6.68. The summed E-state index contributed by atoms with van der Waals surface area (Å²) in [6, 6.07) is 4.55. The fraction of sp³-hybridized carbons (Fsp3) is 0.421. The highest BCUT2D eigenvalue weighted by atomic mass is 16.5. The highest BCUT2D eigenvalue weighted by Crippen LogP contribution is 2.32. The Balaban J connectivity index is 1.77. The number of nitrogens with one attached hydrogen (secondary N) is 1. The van der Waals surface area contributed by atoms with Crippen LogP contribution >= 0.6 is 0 Å². The molecule has 0 saturated carbocycles. The molecule has 0 unspecified atom stereocenters. The second-order valence-electron chi connectivity index (χ2n) is 6.68. The normalized spacial score (nSPS) is 17.8. The number of ether oxygens (including phenoxy) is 1. The van der Waals surface area contributed by atoms with Gasteiger partial charge in [0.1, 0.15) is 22.9 Å². The molecule has 1 atom stereocenters. The topological polar surface area (TPSA) is 80.2 Å². The van der Waals surface area contributed by atoms with Gasteiger partial charge in [-0.15, -0.1) is 0 Å². The van der Waals surface area contributed by atoms with Crippen LogP contribution in [0.1, 0.15) is 36.6 Å². The van der Waals surface area contributed by atoms with E-state index in [1.165, 1.54) is 6.42 Å². The van der Waals surface area contributed by atoms with Gasteiger partial charge in [-0.1, -0.05) is 0 Å². The number of fused-ring (bicyclic) bond motifs is 1. The van der Waals surface area contributed by atoms with Gasteiger partial charge in [-0.2, -0.15) is 15.5 Å². The highest BCUT2D eigenvalue weighted by molar-refractivity contribution is 5.75. The minimum absolute atomic E-state index is 0.430. The Bertz CT molecular complexity index is 972. The number of methoxy groups -OCH3 is 1. The molecule has 26 heavy (non-hydrogen) atoms. The summed E-state index contributed by atoms with van der Waals surface area (Å²) >= 11 is 0. The molecule has 4 heterocycles. The Morgan fingerprint density at radius 3 is 2.96 bits per heavy atom. The van der Waals surface area contributed by atoms with E-state index >= 15 is 0 Å². The third kappa shape index (κ3) is 2.72. The predicted molar refractivity (Wildman–Crippen MR) is 98.2 cm³/mol. The van der Waals surface area contributed by atoms with Gasteiger partial charge in [-0.05, 0) is 45.3 Å². The lowest BCUT2D eigenvalue weighted by Gasteiger charge is -2.17. The first-order valence-corrected chi connectivity index (χ1v) is 8.93. The number of nitriles is 1. The summed E-state index contributed by atoms with van der Waals surface area (Å²) in [5, 5.41) is 21.7. The molecule has 7 nitrogen and oxygen atoms in total. The maximum atomic E-state index is 9.27. The van der Waals surface area contributed by atoms with Crippen LogP contribution in [0.4, 0.5) is 0 Å². The van der Waals surface area contributed by atoms with E-state index in [2.05, 4.69) is 33.2 Å². The molecular formula is C19H22N6O. The smallest absolute Gasteiger partial charge is 0.146 e. The SMILES string of the molecule is COc1cc(-c2cnn([C@H]3CCCNCC3)c2C)cn2ncc(C#N)c12. The van der Waals surface area contributed by atoms with E-state index in [4.69, 9.17) is 4.74 Å². The van der Waals surface area contributed by atoms with Crippen LogP contribution in [-0.4, -0.2) is 39.6 Å². The molecule has 1 fully saturated rings. The number of nitrogens with zero attached hydrogens (tertiary/aromatic N) is 5. The Labute approximate surface area is 152 Å². The molecule has 1 aliphatic rings. The molecule has 0 amide bonds. The molecule has 1 saturated heterocycles. The van der Waals surface area contributed by atoms with Crippen LogP contribution in [0.5, 0.6) is 5.75 Å². The van der Waals surface area contributed by atoms with Gasteiger partial charge in [0, 0.05) is 23.0 Å². The molecule has 0 bridgehead atoms. The van der Waals surface area contributed by atoms with Crippen molar-refractivity contribution < 1.29 is 4.74 Å². The molecule has 0 radical (unpaired) electrons. The molecule has 7 heteroatoms. The zero-order valence-electron chi connectivity index (χ0n) is 15.1. The Hall–Kier alpha value is -2.85. The summed E-state index contributed by atoms with van der Waals surface area (Å²) in [6.07, 6.45) is 8.82. The van der Waals surface area contributed by atoms with E-state index in [1.54, 1.807) is 17.8 Å². The average molecular weight is 350 g/mol. The van der Waals surface area contributed by atoms with Gasteiger partial charge in [-0.25, -0.2) is 4.52 Å². The summed E-state index contributed by atoms with van der Waals surface area (Å²) in [4.78, 5) is 0. The van der Waals surface area contributed by atoms with Gasteiger partial charge in [0.15, 0.2) is 0 Å². The fourth-order valence-corrected chi connectivity index (χ4v) is 3.79. The van der Waals surface area contributed by atoms with Crippen molar-refractivity contribution in [2.24, 2.45) is 0 Å². The Morgan fingerprint density at radius 2 is 2.15 bits per heavy atom. The highest BCUT2D eigenvalue weighted by Gasteiger charge is 2.20. The fourth-order valence-electron chi connectivity index (χ4n) is 3.79. The van der Waals surface area contributed by atoms with Crippen molar-refractivity contribution in [3.63, 3.8) is 0 Å². The van der Waals surface area contributed by atoms with E-state index in [0.29, 0.717) is 22.9 Å². The average Bonchev–Trinajstić information content (AvgIpc) is 3.14. The largest absolute Gasteiger partial charge is 0.494 e. The van der Waals surface area contributed by atoms with Crippen molar-refractivity contribution in [3.05, 3.63) is 35.9 Å². The quantitative estimate of drug-likeness (QED) is 0.785. The molecular weight excluding hydrogens is 328 g/mol. The van der Waals surface area contributed by atoms with Crippen molar-refractivity contribution in [1.29, 1.82) is 5.26 Å². The third-order valence-electron chi connectivity index (χ3n) is 5.16. The van der Waals surface area contributed by atoms with Crippen LogP contribution in [0.3, 0.4) is 0 Å². The lowest BCUT2D eigenvalue weighted by molar-refractivity contribution is 0.406. The van der Waals surface area contributed by atoms with Crippen LogP contribution in [0.2, 0.25) is 0 Å². The lowest BCUT2D eigenvalue weighted by Crippen LogP contribution is -2.16.